The van der Waals surface area contributed by atoms with E-state index in [1.165, 1.54) is 38.2 Å². The second-order valence-corrected chi connectivity index (χ2v) is 7.81. The van der Waals surface area contributed by atoms with Crippen molar-refractivity contribution in [2.45, 2.75) is 38.5 Å². The van der Waals surface area contributed by atoms with E-state index in [1.807, 2.05) is 30.3 Å². The van der Waals surface area contributed by atoms with Gasteiger partial charge < -0.3 is 13.9 Å². The zero-order valence-corrected chi connectivity index (χ0v) is 18.4. The molecule has 0 aliphatic carbocycles. The molecule has 5 heteroatoms. The molecule has 0 atom stereocenters. The third kappa shape index (κ3) is 6.10. The van der Waals surface area contributed by atoms with Gasteiger partial charge in [0.25, 0.3) is 0 Å². The Labute approximate surface area is 180 Å². The third-order valence-corrected chi connectivity index (χ3v) is 5.43. The normalized spacial score (nSPS) is 11.0. The Kier molecular flexibility index (Phi) is 8.17. The predicted octanol–water partition coefficient (Wildman–Crippen LogP) is 6.58. The number of unbranched alkanes of at least 4 members (excludes halogenated alkanes) is 5. The van der Waals surface area contributed by atoms with Crippen LogP contribution in [-0.2, 0) is 0 Å². The first-order valence-electron chi connectivity index (χ1n) is 10.1. The molecule has 0 fully saturated rings. The molecule has 1 heterocycles. The van der Waals surface area contributed by atoms with E-state index in [2.05, 4.69) is 15.9 Å². The number of hydrogen-bond acceptors (Lipinski definition) is 4. The summed E-state index contributed by atoms with van der Waals surface area (Å²) in [5, 5.41) is 1.63. The molecule has 154 valence electrons. The molecule has 0 aliphatic heterocycles. The Balaban J connectivity index is 1.61. The molecule has 0 N–H and O–H groups in total. The van der Waals surface area contributed by atoms with E-state index in [-0.39, 0.29) is 5.43 Å². The molecule has 0 radical (unpaired) electrons. The van der Waals surface area contributed by atoms with Gasteiger partial charge in [-0.3, -0.25) is 4.79 Å². The van der Waals surface area contributed by atoms with Gasteiger partial charge in [0.15, 0.2) is 5.43 Å². The Morgan fingerprint density at radius 2 is 1.55 bits per heavy atom. The highest BCUT2D eigenvalue weighted by Gasteiger charge is 2.09. The minimum atomic E-state index is -0.0747. The zero-order chi connectivity index (χ0) is 20.5. The number of hydrogen-bond donors (Lipinski definition) is 0. The van der Waals surface area contributed by atoms with Gasteiger partial charge in [0, 0.05) is 17.0 Å². The molecule has 2 aromatic carbocycles. The smallest absolute Gasteiger partial charge is 0.193 e. The van der Waals surface area contributed by atoms with Crippen LogP contribution in [0.1, 0.15) is 38.5 Å². The number of halogens is 1. The number of alkyl halides is 1. The minimum Gasteiger partial charge on any atom is -0.497 e. The van der Waals surface area contributed by atoms with E-state index in [0.717, 1.165) is 23.1 Å². The van der Waals surface area contributed by atoms with Gasteiger partial charge in [-0.15, -0.1) is 0 Å². The number of ether oxygens (including phenoxy) is 2. The van der Waals surface area contributed by atoms with Crippen LogP contribution in [0.3, 0.4) is 0 Å². The number of benzene rings is 2. The lowest BCUT2D eigenvalue weighted by molar-refractivity contribution is 0.304. The number of fused-ring (bicyclic) bond motifs is 1. The van der Waals surface area contributed by atoms with Crippen LogP contribution in [0.15, 0.2) is 57.7 Å². The van der Waals surface area contributed by atoms with E-state index in [4.69, 9.17) is 13.9 Å². The Hall–Kier alpha value is -2.27. The van der Waals surface area contributed by atoms with E-state index in [1.54, 1.807) is 19.2 Å². The highest BCUT2D eigenvalue weighted by Crippen LogP contribution is 2.26. The summed E-state index contributed by atoms with van der Waals surface area (Å²) in [6.45, 7) is 0.666. The molecule has 0 bridgehead atoms. The van der Waals surface area contributed by atoms with Crippen LogP contribution in [0.5, 0.6) is 11.5 Å². The van der Waals surface area contributed by atoms with Crippen LogP contribution in [0, 0.1) is 0 Å². The van der Waals surface area contributed by atoms with Crippen LogP contribution >= 0.6 is 15.9 Å². The molecule has 0 unspecified atom stereocenters. The summed E-state index contributed by atoms with van der Waals surface area (Å²) in [6.07, 6.45) is 7.24. The molecule has 3 aromatic rings. The maximum Gasteiger partial charge on any atom is 0.193 e. The van der Waals surface area contributed by atoms with Crippen LogP contribution in [-0.4, -0.2) is 19.0 Å². The van der Waals surface area contributed by atoms with Gasteiger partial charge in [-0.1, -0.05) is 41.6 Å². The van der Waals surface area contributed by atoms with Crippen LogP contribution in [0.2, 0.25) is 0 Å². The number of rotatable bonds is 11. The van der Waals surface area contributed by atoms with E-state index in [9.17, 15) is 4.79 Å². The van der Waals surface area contributed by atoms with Gasteiger partial charge in [-0.2, -0.15) is 0 Å². The fourth-order valence-corrected chi connectivity index (χ4v) is 3.61. The molecule has 0 saturated heterocycles. The first kappa shape index (κ1) is 21.4. The van der Waals surface area contributed by atoms with Gasteiger partial charge >= 0.3 is 0 Å². The van der Waals surface area contributed by atoms with E-state index in [0.29, 0.717) is 29.1 Å². The summed E-state index contributed by atoms with van der Waals surface area (Å²) >= 11 is 3.46. The number of methoxy groups -OCH3 is 1. The summed E-state index contributed by atoms with van der Waals surface area (Å²) in [4.78, 5) is 12.6. The molecule has 4 nitrogen and oxygen atoms in total. The maximum absolute atomic E-state index is 12.6. The van der Waals surface area contributed by atoms with Crippen molar-refractivity contribution in [3.05, 3.63) is 58.8 Å². The second-order valence-electron chi connectivity index (χ2n) is 7.02. The Morgan fingerprint density at radius 3 is 2.28 bits per heavy atom. The van der Waals surface area contributed by atoms with Gasteiger partial charge in [0.05, 0.1) is 19.1 Å². The molecule has 0 spiro atoms. The van der Waals surface area contributed by atoms with Crippen molar-refractivity contribution >= 4 is 26.9 Å². The molecule has 0 saturated carbocycles. The average Bonchev–Trinajstić information content (AvgIpc) is 2.76. The van der Waals surface area contributed by atoms with Gasteiger partial charge in [-0.05, 0) is 55.3 Å². The average molecular weight is 459 g/mol. The molecule has 29 heavy (non-hydrogen) atoms. The highest BCUT2D eigenvalue weighted by atomic mass is 79.9. The van der Waals surface area contributed by atoms with Crippen molar-refractivity contribution in [3.63, 3.8) is 0 Å². The van der Waals surface area contributed by atoms with Crippen molar-refractivity contribution in [1.29, 1.82) is 0 Å². The summed E-state index contributed by atoms with van der Waals surface area (Å²) in [6, 6.07) is 14.4. The molecular formula is C24H27BrO4. The fourth-order valence-electron chi connectivity index (χ4n) is 3.22. The first-order chi connectivity index (χ1) is 14.2. The standard InChI is InChI=1S/C24H27BrO4/c1-27-19-10-8-18(9-11-19)24-17-22(26)21-16-20(12-13-23(21)29-24)28-15-7-5-3-2-4-6-14-25/h8-13,16-17H,2-7,14-15H2,1H3. The Morgan fingerprint density at radius 1 is 0.862 bits per heavy atom. The maximum atomic E-state index is 12.6. The minimum absolute atomic E-state index is 0.0747. The largest absolute Gasteiger partial charge is 0.497 e. The van der Waals surface area contributed by atoms with Crippen molar-refractivity contribution < 1.29 is 13.9 Å². The van der Waals surface area contributed by atoms with E-state index >= 15 is 0 Å². The summed E-state index contributed by atoms with van der Waals surface area (Å²) < 4.78 is 17.0. The summed E-state index contributed by atoms with van der Waals surface area (Å²) in [7, 11) is 1.62. The monoisotopic (exact) mass is 458 g/mol. The van der Waals surface area contributed by atoms with E-state index < -0.39 is 0 Å². The lowest BCUT2D eigenvalue weighted by Crippen LogP contribution is -2.02. The highest BCUT2D eigenvalue weighted by molar-refractivity contribution is 9.09. The quantitative estimate of drug-likeness (QED) is 0.240. The van der Waals surface area contributed by atoms with Crippen LogP contribution in [0.4, 0.5) is 0 Å². The zero-order valence-electron chi connectivity index (χ0n) is 16.8. The molecule has 1 aromatic heterocycles. The molecule has 0 aliphatic rings. The second kappa shape index (κ2) is 11.1. The fraction of sp³-hybridized carbons (Fsp3) is 0.375. The molecular weight excluding hydrogens is 432 g/mol. The lowest BCUT2D eigenvalue weighted by atomic mass is 10.1. The predicted molar refractivity (Wildman–Crippen MR) is 121 cm³/mol. The van der Waals surface area contributed by atoms with Gasteiger partial charge in [-0.25, -0.2) is 0 Å². The van der Waals surface area contributed by atoms with Crippen LogP contribution in [0.25, 0.3) is 22.3 Å². The topological polar surface area (TPSA) is 48.7 Å². The third-order valence-electron chi connectivity index (χ3n) is 4.87. The summed E-state index contributed by atoms with van der Waals surface area (Å²) in [5.41, 5.74) is 1.32. The van der Waals surface area contributed by atoms with Crippen molar-refractivity contribution in [2.24, 2.45) is 0 Å². The van der Waals surface area contributed by atoms with Crippen molar-refractivity contribution in [3.8, 4) is 22.8 Å². The first-order valence-corrected chi connectivity index (χ1v) is 11.2. The van der Waals surface area contributed by atoms with Gasteiger partial charge in [0.2, 0.25) is 0 Å². The van der Waals surface area contributed by atoms with Gasteiger partial charge in [0.1, 0.15) is 22.8 Å². The van der Waals surface area contributed by atoms with Crippen molar-refractivity contribution in [1.82, 2.24) is 0 Å². The summed E-state index contributed by atoms with van der Waals surface area (Å²) in [5.74, 6) is 2.01. The SMILES string of the molecule is COc1ccc(-c2cc(=O)c3cc(OCCCCCCCCBr)ccc3o2)cc1. The Bertz CT molecular complexity index is 963. The molecule has 0 amide bonds. The lowest BCUT2D eigenvalue weighted by Gasteiger charge is -2.08. The molecule has 3 rings (SSSR count). The van der Waals surface area contributed by atoms with Crippen molar-refractivity contribution in [2.75, 3.05) is 19.0 Å². The van der Waals surface area contributed by atoms with Crippen LogP contribution < -0.4 is 14.9 Å².